The van der Waals surface area contributed by atoms with Crippen molar-refractivity contribution in [3.05, 3.63) is 63.6 Å². The van der Waals surface area contributed by atoms with Gasteiger partial charge < -0.3 is 4.74 Å². The van der Waals surface area contributed by atoms with Crippen molar-refractivity contribution in [3.63, 3.8) is 0 Å². The number of hydrogen-bond acceptors (Lipinski definition) is 3. The fraction of sp³-hybridized carbons (Fsp3) is 0.250. The van der Waals surface area contributed by atoms with Crippen molar-refractivity contribution < 1.29 is 21.9 Å². The summed E-state index contributed by atoms with van der Waals surface area (Å²) in [7, 11) is -4.20. The van der Waals surface area contributed by atoms with Gasteiger partial charge in [0.05, 0.1) is 12.7 Å². The van der Waals surface area contributed by atoms with Crippen molar-refractivity contribution in [1.82, 2.24) is 4.31 Å². The van der Waals surface area contributed by atoms with Gasteiger partial charge in [0.1, 0.15) is 16.5 Å². The quantitative estimate of drug-likeness (QED) is 0.771. The van der Waals surface area contributed by atoms with E-state index in [1.165, 1.54) is 0 Å². The van der Waals surface area contributed by atoms with E-state index in [0.717, 1.165) is 16.4 Å². The SMILES string of the molecule is O=S(=O)(c1cc(F)ccc1F)N1CCOC(c2cc(Cl)cc(Cl)c2)C1. The molecule has 2 aromatic carbocycles. The van der Waals surface area contributed by atoms with Gasteiger partial charge in [0, 0.05) is 23.1 Å². The second-order valence-electron chi connectivity index (χ2n) is 5.50. The van der Waals surface area contributed by atoms with Crippen molar-refractivity contribution in [3.8, 4) is 0 Å². The number of benzene rings is 2. The monoisotopic (exact) mass is 407 g/mol. The Bertz CT molecular complexity index is 888. The molecule has 2 aromatic rings. The van der Waals surface area contributed by atoms with Crippen LogP contribution in [-0.4, -0.2) is 32.4 Å². The second kappa shape index (κ2) is 7.17. The zero-order valence-corrected chi connectivity index (χ0v) is 15.1. The van der Waals surface area contributed by atoms with Crippen LogP contribution in [0.4, 0.5) is 8.78 Å². The Morgan fingerprint density at radius 1 is 1.08 bits per heavy atom. The first-order valence-electron chi connectivity index (χ1n) is 7.30. The number of hydrogen-bond donors (Lipinski definition) is 0. The van der Waals surface area contributed by atoms with Crippen molar-refractivity contribution in [1.29, 1.82) is 0 Å². The largest absolute Gasteiger partial charge is 0.371 e. The predicted octanol–water partition coefficient (Wildman–Crippen LogP) is 4.03. The molecule has 0 spiro atoms. The summed E-state index contributed by atoms with van der Waals surface area (Å²) >= 11 is 11.9. The van der Waals surface area contributed by atoms with Crippen LogP contribution in [0.25, 0.3) is 0 Å². The lowest BCUT2D eigenvalue weighted by Gasteiger charge is -2.32. The van der Waals surface area contributed by atoms with E-state index < -0.39 is 32.7 Å². The number of nitrogens with zero attached hydrogens (tertiary/aromatic N) is 1. The summed E-state index contributed by atoms with van der Waals surface area (Å²) in [6.45, 7) is 0.0724. The predicted molar refractivity (Wildman–Crippen MR) is 90.3 cm³/mol. The molecule has 0 bridgehead atoms. The number of halogens is 4. The molecule has 1 aliphatic rings. The van der Waals surface area contributed by atoms with E-state index in [2.05, 4.69) is 0 Å². The fourth-order valence-corrected chi connectivity index (χ4v) is 4.66. The van der Waals surface area contributed by atoms with Gasteiger partial charge in [0.15, 0.2) is 0 Å². The van der Waals surface area contributed by atoms with Gasteiger partial charge >= 0.3 is 0 Å². The van der Waals surface area contributed by atoms with Gasteiger partial charge in [-0.1, -0.05) is 23.2 Å². The minimum Gasteiger partial charge on any atom is -0.371 e. The molecule has 1 saturated heterocycles. The van der Waals surface area contributed by atoms with E-state index in [0.29, 0.717) is 21.7 Å². The molecule has 0 N–H and O–H groups in total. The molecule has 1 atom stereocenters. The Labute approximate surface area is 154 Å². The maximum absolute atomic E-state index is 13.9. The van der Waals surface area contributed by atoms with E-state index in [1.54, 1.807) is 18.2 Å². The Morgan fingerprint density at radius 2 is 1.76 bits per heavy atom. The smallest absolute Gasteiger partial charge is 0.246 e. The van der Waals surface area contributed by atoms with Gasteiger partial charge in [-0.25, -0.2) is 17.2 Å². The molecule has 1 fully saturated rings. The first kappa shape index (κ1) is 18.5. The molecule has 1 unspecified atom stereocenters. The summed E-state index contributed by atoms with van der Waals surface area (Å²) in [5.74, 6) is -1.83. The van der Waals surface area contributed by atoms with Gasteiger partial charge in [-0.2, -0.15) is 4.31 Å². The summed E-state index contributed by atoms with van der Waals surface area (Å²) in [6, 6.07) is 7.12. The van der Waals surface area contributed by atoms with Crippen LogP contribution < -0.4 is 0 Å². The molecule has 134 valence electrons. The summed E-state index contributed by atoms with van der Waals surface area (Å²) in [4.78, 5) is -0.697. The number of morpholine rings is 1. The lowest BCUT2D eigenvalue weighted by atomic mass is 10.1. The average molecular weight is 408 g/mol. The van der Waals surface area contributed by atoms with Gasteiger partial charge in [0.2, 0.25) is 10.0 Å². The van der Waals surface area contributed by atoms with E-state index in [-0.39, 0.29) is 19.7 Å². The van der Waals surface area contributed by atoms with Crippen molar-refractivity contribution in [2.45, 2.75) is 11.0 Å². The number of ether oxygens (including phenoxy) is 1. The molecular formula is C16H13Cl2F2NO3S. The molecule has 25 heavy (non-hydrogen) atoms. The van der Waals surface area contributed by atoms with Crippen molar-refractivity contribution >= 4 is 33.2 Å². The van der Waals surface area contributed by atoms with Crippen molar-refractivity contribution in [2.24, 2.45) is 0 Å². The Hall–Kier alpha value is -1.25. The zero-order chi connectivity index (χ0) is 18.2. The van der Waals surface area contributed by atoms with Crippen LogP contribution in [-0.2, 0) is 14.8 Å². The summed E-state index contributed by atoms with van der Waals surface area (Å²) in [6.07, 6.45) is -0.614. The van der Waals surface area contributed by atoms with Crippen LogP contribution in [0.2, 0.25) is 10.0 Å². The minimum atomic E-state index is -4.20. The molecule has 9 heteroatoms. The Kier molecular flexibility index (Phi) is 5.31. The van der Waals surface area contributed by atoms with Crippen LogP contribution in [0, 0.1) is 11.6 Å². The molecule has 0 amide bonds. The molecule has 0 aliphatic carbocycles. The first-order chi connectivity index (χ1) is 11.8. The number of rotatable bonds is 3. The van der Waals surface area contributed by atoms with Crippen LogP contribution in [0.5, 0.6) is 0 Å². The minimum absolute atomic E-state index is 0.0308. The summed E-state index contributed by atoms with van der Waals surface area (Å²) in [5, 5.41) is 0.782. The second-order valence-corrected chi connectivity index (χ2v) is 8.28. The van der Waals surface area contributed by atoms with Gasteiger partial charge in [-0.05, 0) is 42.0 Å². The third-order valence-electron chi connectivity index (χ3n) is 3.80. The normalized spacial score (nSPS) is 19.1. The first-order valence-corrected chi connectivity index (χ1v) is 9.50. The maximum atomic E-state index is 13.9. The highest BCUT2D eigenvalue weighted by atomic mass is 35.5. The van der Waals surface area contributed by atoms with Crippen LogP contribution >= 0.6 is 23.2 Å². The third-order valence-corrected chi connectivity index (χ3v) is 6.11. The molecule has 4 nitrogen and oxygen atoms in total. The van der Waals surface area contributed by atoms with E-state index in [4.69, 9.17) is 27.9 Å². The maximum Gasteiger partial charge on any atom is 0.246 e. The molecular weight excluding hydrogens is 395 g/mol. The topological polar surface area (TPSA) is 46.6 Å². The van der Waals surface area contributed by atoms with Gasteiger partial charge in [-0.3, -0.25) is 0 Å². The average Bonchev–Trinajstić information content (AvgIpc) is 2.56. The third kappa shape index (κ3) is 3.96. The van der Waals surface area contributed by atoms with Gasteiger partial charge in [-0.15, -0.1) is 0 Å². The van der Waals surface area contributed by atoms with Crippen LogP contribution in [0.1, 0.15) is 11.7 Å². The van der Waals surface area contributed by atoms with Gasteiger partial charge in [0.25, 0.3) is 0 Å². The molecule has 0 radical (unpaired) electrons. The lowest BCUT2D eigenvalue weighted by Crippen LogP contribution is -2.42. The lowest BCUT2D eigenvalue weighted by molar-refractivity contribution is -0.00260. The van der Waals surface area contributed by atoms with Crippen LogP contribution in [0.3, 0.4) is 0 Å². The van der Waals surface area contributed by atoms with Crippen LogP contribution in [0.15, 0.2) is 41.3 Å². The molecule has 1 aliphatic heterocycles. The van der Waals surface area contributed by atoms with E-state index in [9.17, 15) is 17.2 Å². The highest BCUT2D eigenvalue weighted by Crippen LogP contribution is 2.30. The highest BCUT2D eigenvalue weighted by molar-refractivity contribution is 7.89. The van der Waals surface area contributed by atoms with E-state index in [1.807, 2.05) is 0 Å². The number of sulfonamides is 1. The van der Waals surface area contributed by atoms with Crippen molar-refractivity contribution in [2.75, 3.05) is 19.7 Å². The summed E-state index contributed by atoms with van der Waals surface area (Å²) in [5.41, 5.74) is 0.608. The fourth-order valence-electron chi connectivity index (χ4n) is 2.62. The Balaban J connectivity index is 1.91. The standard InChI is InChI=1S/C16H13Cl2F2NO3S/c17-11-5-10(6-12(18)7-11)15-9-21(3-4-24-15)25(22,23)16-8-13(19)1-2-14(16)20/h1-2,5-8,15H,3-4,9H2. The van der Waals surface area contributed by atoms with E-state index >= 15 is 0 Å². The molecule has 3 rings (SSSR count). The summed E-state index contributed by atoms with van der Waals surface area (Å²) < 4.78 is 59.3. The molecule has 1 heterocycles. The highest BCUT2D eigenvalue weighted by Gasteiger charge is 2.33. The molecule has 0 saturated carbocycles. The Morgan fingerprint density at radius 3 is 2.44 bits per heavy atom. The zero-order valence-electron chi connectivity index (χ0n) is 12.8. The molecule has 0 aromatic heterocycles.